The predicted molar refractivity (Wildman–Crippen MR) is 109 cm³/mol. The van der Waals surface area contributed by atoms with E-state index in [4.69, 9.17) is 0 Å². The van der Waals surface area contributed by atoms with Gasteiger partial charge < -0.3 is 4.90 Å². The molecule has 4 nitrogen and oxygen atoms in total. The van der Waals surface area contributed by atoms with E-state index in [2.05, 4.69) is 41.3 Å². The Bertz CT molecular complexity index is 987. The maximum absolute atomic E-state index is 10.7. The number of nitro benzene ring substituents is 1. The van der Waals surface area contributed by atoms with E-state index in [0.29, 0.717) is 0 Å². The first-order valence-corrected chi connectivity index (χ1v) is 8.34. The van der Waals surface area contributed by atoms with Crippen molar-refractivity contribution in [1.82, 2.24) is 0 Å². The van der Waals surface area contributed by atoms with Gasteiger partial charge in [-0.15, -0.1) is 0 Å². The molecule has 0 saturated carbocycles. The number of nitro groups is 1. The molecule has 130 valence electrons. The molecule has 0 fully saturated rings. The van der Waals surface area contributed by atoms with Crippen molar-refractivity contribution in [3.63, 3.8) is 0 Å². The first-order valence-electron chi connectivity index (χ1n) is 8.34. The number of non-ortho nitro benzene ring substituents is 1. The van der Waals surface area contributed by atoms with Gasteiger partial charge in [-0.2, -0.15) is 0 Å². The smallest absolute Gasteiger partial charge is 0.269 e. The van der Waals surface area contributed by atoms with Crippen molar-refractivity contribution in [3.05, 3.63) is 94.1 Å². The molecule has 0 spiro atoms. The molecule has 3 aromatic carbocycles. The fraction of sp³-hybridized carbons (Fsp3) is 0.0909. The predicted octanol–water partition coefficient (Wildman–Crippen LogP) is 5.54. The van der Waals surface area contributed by atoms with Crippen LogP contribution in [0.4, 0.5) is 11.4 Å². The largest absolute Gasteiger partial charge is 0.377 e. The zero-order valence-corrected chi connectivity index (χ0v) is 14.8. The lowest BCUT2D eigenvalue weighted by Gasteiger charge is -2.16. The van der Waals surface area contributed by atoms with Crippen LogP contribution in [0.2, 0.25) is 0 Å². The second kappa shape index (κ2) is 7.66. The monoisotopic (exact) mass is 344 g/mol. The number of rotatable bonds is 5. The van der Waals surface area contributed by atoms with E-state index in [9.17, 15) is 10.1 Å². The van der Waals surface area contributed by atoms with Gasteiger partial charge in [0.2, 0.25) is 0 Å². The van der Waals surface area contributed by atoms with Crippen molar-refractivity contribution in [2.45, 2.75) is 0 Å². The second-order valence-electron chi connectivity index (χ2n) is 6.18. The highest BCUT2D eigenvalue weighted by atomic mass is 16.6. The van der Waals surface area contributed by atoms with E-state index in [1.165, 1.54) is 28.6 Å². The topological polar surface area (TPSA) is 46.4 Å². The third-order valence-corrected chi connectivity index (χ3v) is 4.20. The van der Waals surface area contributed by atoms with Gasteiger partial charge in [0.05, 0.1) is 4.92 Å². The molecule has 0 unspecified atom stereocenters. The normalized spacial score (nSPS) is 11.5. The van der Waals surface area contributed by atoms with Crippen LogP contribution < -0.4 is 4.90 Å². The van der Waals surface area contributed by atoms with Gasteiger partial charge in [-0.25, -0.2) is 0 Å². The van der Waals surface area contributed by atoms with Gasteiger partial charge in [0.15, 0.2) is 0 Å². The maximum Gasteiger partial charge on any atom is 0.269 e. The molecule has 0 aliphatic carbocycles. The quantitative estimate of drug-likeness (QED) is 0.347. The Morgan fingerprint density at radius 1 is 0.846 bits per heavy atom. The highest BCUT2D eigenvalue weighted by Gasteiger charge is 2.05. The minimum absolute atomic E-state index is 0.102. The van der Waals surface area contributed by atoms with E-state index in [-0.39, 0.29) is 5.69 Å². The lowest BCUT2D eigenvalue weighted by Crippen LogP contribution is -2.09. The summed E-state index contributed by atoms with van der Waals surface area (Å²) in [5.74, 6) is 0. The van der Waals surface area contributed by atoms with E-state index in [1.807, 2.05) is 38.4 Å². The zero-order valence-electron chi connectivity index (χ0n) is 14.8. The molecule has 0 radical (unpaired) electrons. The van der Waals surface area contributed by atoms with Crippen LogP contribution in [0.1, 0.15) is 11.1 Å². The lowest BCUT2D eigenvalue weighted by molar-refractivity contribution is -0.384. The molecule has 0 heterocycles. The summed E-state index contributed by atoms with van der Waals surface area (Å²) in [4.78, 5) is 12.4. The van der Waals surface area contributed by atoms with Crippen LogP contribution in [0.15, 0.2) is 72.8 Å². The molecule has 3 aromatic rings. The molecule has 4 heteroatoms. The van der Waals surface area contributed by atoms with Crippen LogP contribution in [0, 0.1) is 10.1 Å². The van der Waals surface area contributed by atoms with Gasteiger partial charge in [0.1, 0.15) is 0 Å². The zero-order chi connectivity index (χ0) is 18.5. The Morgan fingerprint density at radius 3 is 2.15 bits per heavy atom. The van der Waals surface area contributed by atoms with Crippen LogP contribution in [0.5, 0.6) is 0 Å². The van der Waals surface area contributed by atoms with Crippen molar-refractivity contribution < 1.29 is 4.92 Å². The SMILES string of the molecule is CN(C)c1ccc(/C=C/C=C/c2ccc([N+](=O)[O-])cc2)c2ccccc12. The molecule has 0 saturated heterocycles. The fourth-order valence-electron chi connectivity index (χ4n) is 2.87. The van der Waals surface area contributed by atoms with Crippen LogP contribution in [0.25, 0.3) is 22.9 Å². The summed E-state index contributed by atoms with van der Waals surface area (Å²) < 4.78 is 0. The summed E-state index contributed by atoms with van der Waals surface area (Å²) in [6, 6.07) is 19.1. The molecule has 0 aromatic heterocycles. The number of allylic oxidation sites excluding steroid dienone is 2. The van der Waals surface area contributed by atoms with Gasteiger partial charge in [-0.05, 0) is 34.7 Å². The van der Waals surface area contributed by atoms with Crippen molar-refractivity contribution in [3.8, 4) is 0 Å². The van der Waals surface area contributed by atoms with Gasteiger partial charge in [-0.1, -0.05) is 54.6 Å². The molecule has 26 heavy (non-hydrogen) atoms. The standard InChI is InChI=1S/C22H20N2O2/c1-23(2)22-16-13-18(20-9-5-6-10-21(20)22)8-4-3-7-17-11-14-19(15-12-17)24(25)26/h3-16H,1-2H3/b7-3+,8-4+. The van der Waals surface area contributed by atoms with Crippen LogP contribution in [-0.4, -0.2) is 19.0 Å². The van der Waals surface area contributed by atoms with Gasteiger partial charge in [0.25, 0.3) is 5.69 Å². The van der Waals surface area contributed by atoms with Gasteiger partial charge in [0, 0.05) is 37.3 Å². The van der Waals surface area contributed by atoms with E-state index in [1.54, 1.807) is 12.1 Å². The number of anilines is 1. The first kappa shape index (κ1) is 17.4. The number of hydrogen-bond acceptors (Lipinski definition) is 3. The molecular formula is C22H20N2O2. The highest BCUT2D eigenvalue weighted by Crippen LogP contribution is 2.29. The molecular weight excluding hydrogens is 324 g/mol. The Balaban J connectivity index is 1.82. The molecule has 0 aliphatic rings. The second-order valence-corrected chi connectivity index (χ2v) is 6.18. The van der Waals surface area contributed by atoms with Crippen molar-refractivity contribution in [1.29, 1.82) is 0 Å². The van der Waals surface area contributed by atoms with E-state index in [0.717, 1.165) is 11.1 Å². The Morgan fingerprint density at radius 2 is 1.50 bits per heavy atom. The average molecular weight is 344 g/mol. The summed E-state index contributed by atoms with van der Waals surface area (Å²) in [5, 5.41) is 13.1. The minimum atomic E-state index is -0.393. The Labute approximate surface area is 152 Å². The minimum Gasteiger partial charge on any atom is -0.377 e. The maximum atomic E-state index is 10.7. The van der Waals surface area contributed by atoms with Crippen molar-refractivity contribution in [2.75, 3.05) is 19.0 Å². The summed E-state index contributed by atoms with van der Waals surface area (Å²) in [6.45, 7) is 0. The number of fused-ring (bicyclic) bond motifs is 1. The molecule has 0 amide bonds. The van der Waals surface area contributed by atoms with Crippen LogP contribution >= 0.6 is 0 Å². The Hall–Kier alpha value is -3.40. The third kappa shape index (κ3) is 3.81. The summed E-state index contributed by atoms with van der Waals surface area (Å²) >= 11 is 0. The van der Waals surface area contributed by atoms with E-state index < -0.39 is 4.92 Å². The molecule has 3 rings (SSSR count). The molecule has 0 bridgehead atoms. The summed E-state index contributed by atoms with van der Waals surface area (Å²) in [5.41, 5.74) is 3.37. The lowest BCUT2D eigenvalue weighted by atomic mass is 10.0. The van der Waals surface area contributed by atoms with E-state index >= 15 is 0 Å². The average Bonchev–Trinajstić information content (AvgIpc) is 2.65. The van der Waals surface area contributed by atoms with Crippen LogP contribution in [0.3, 0.4) is 0 Å². The molecule has 0 aliphatic heterocycles. The molecule has 0 atom stereocenters. The summed E-state index contributed by atoms with van der Waals surface area (Å²) in [6.07, 6.45) is 7.93. The highest BCUT2D eigenvalue weighted by molar-refractivity contribution is 5.99. The third-order valence-electron chi connectivity index (χ3n) is 4.20. The van der Waals surface area contributed by atoms with Gasteiger partial charge in [-0.3, -0.25) is 10.1 Å². The van der Waals surface area contributed by atoms with Crippen LogP contribution in [-0.2, 0) is 0 Å². The summed E-state index contributed by atoms with van der Waals surface area (Å²) in [7, 11) is 4.09. The fourth-order valence-corrected chi connectivity index (χ4v) is 2.87. The van der Waals surface area contributed by atoms with Gasteiger partial charge >= 0.3 is 0 Å². The van der Waals surface area contributed by atoms with Crippen molar-refractivity contribution in [2.24, 2.45) is 0 Å². The first-order chi connectivity index (χ1) is 12.6. The number of hydrogen-bond donors (Lipinski definition) is 0. The Kier molecular flexibility index (Phi) is 5.13. The molecule has 0 N–H and O–H groups in total. The number of nitrogens with zero attached hydrogens (tertiary/aromatic N) is 2. The van der Waals surface area contributed by atoms with Crippen molar-refractivity contribution >= 4 is 34.3 Å². The number of benzene rings is 3.